The quantitative estimate of drug-likeness (QED) is 0.470. The van der Waals surface area contributed by atoms with E-state index >= 15 is 0 Å². The lowest BCUT2D eigenvalue weighted by Crippen LogP contribution is -1.88. The van der Waals surface area contributed by atoms with Crippen LogP contribution in [0, 0.1) is 0 Å². The Balaban J connectivity index is 2.73. The van der Waals surface area contributed by atoms with Gasteiger partial charge in [0.05, 0.1) is 13.2 Å². The van der Waals surface area contributed by atoms with Crippen LogP contribution in [0.1, 0.15) is 5.56 Å². The average molecular weight is 181 g/mol. The zero-order valence-corrected chi connectivity index (χ0v) is 7.01. The maximum Gasteiger partial charge on any atom is 0.158 e. The number of hydrogen-bond donors (Lipinski definition) is 3. The third-order valence-corrected chi connectivity index (χ3v) is 1.47. The number of nitrogens with zero attached hydrogens (tertiary/aromatic N) is 1. The van der Waals surface area contributed by atoms with Crippen molar-refractivity contribution in [2.75, 3.05) is 13.2 Å². The summed E-state index contributed by atoms with van der Waals surface area (Å²) in [5, 5.41) is 26.5. The van der Waals surface area contributed by atoms with Crippen molar-refractivity contribution in [1.29, 1.82) is 0 Å². The van der Waals surface area contributed by atoms with Gasteiger partial charge in [0.1, 0.15) is 0 Å². The van der Waals surface area contributed by atoms with Gasteiger partial charge in [-0.2, -0.15) is 0 Å². The molecule has 0 saturated carbocycles. The first-order chi connectivity index (χ1) is 6.24. The van der Waals surface area contributed by atoms with Crippen molar-refractivity contribution in [1.82, 2.24) is 0 Å². The zero-order valence-electron chi connectivity index (χ0n) is 7.01. The van der Waals surface area contributed by atoms with Gasteiger partial charge in [0, 0.05) is 6.21 Å². The molecule has 0 fully saturated rings. The fraction of sp³-hybridized carbons (Fsp3) is 0.222. The number of benzene rings is 1. The molecule has 0 atom stereocenters. The molecule has 0 unspecified atom stereocenters. The van der Waals surface area contributed by atoms with Crippen molar-refractivity contribution in [3.63, 3.8) is 0 Å². The van der Waals surface area contributed by atoms with E-state index in [0.717, 1.165) is 0 Å². The normalized spacial score (nSPS) is 10.8. The van der Waals surface area contributed by atoms with E-state index < -0.39 is 0 Å². The minimum atomic E-state index is -0.173. The number of aliphatic hydroxyl groups is 1. The van der Waals surface area contributed by atoms with E-state index in [1.165, 1.54) is 18.3 Å². The molecule has 0 amide bonds. The molecule has 0 aliphatic rings. The highest BCUT2D eigenvalue weighted by Gasteiger charge is 1.97. The number of phenolic OH excluding ortho intramolecular Hbond substituents is 2. The zero-order chi connectivity index (χ0) is 9.68. The second-order valence-corrected chi connectivity index (χ2v) is 2.51. The molecule has 0 aliphatic heterocycles. The van der Waals surface area contributed by atoms with Crippen LogP contribution < -0.4 is 0 Å². The molecule has 1 aromatic rings. The first-order valence-corrected chi connectivity index (χ1v) is 3.86. The second-order valence-electron chi connectivity index (χ2n) is 2.51. The van der Waals surface area contributed by atoms with E-state index in [9.17, 15) is 0 Å². The van der Waals surface area contributed by atoms with Crippen LogP contribution in [-0.4, -0.2) is 34.7 Å². The molecule has 0 aliphatic carbocycles. The minimum Gasteiger partial charge on any atom is -0.504 e. The van der Waals surface area contributed by atoms with Crippen LogP contribution in [0.3, 0.4) is 0 Å². The summed E-state index contributed by atoms with van der Waals surface area (Å²) in [6.45, 7) is 0.336. The summed E-state index contributed by atoms with van der Waals surface area (Å²) < 4.78 is 0. The number of phenols is 2. The lowest BCUT2D eigenvalue weighted by Gasteiger charge is -1.97. The monoisotopic (exact) mass is 181 g/mol. The summed E-state index contributed by atoms with van der Waals surface area (Å²) >= 11 is 0. The Morgan fingerprint density at radius 1 is 1.23 bits per heavy atom. The van der Waals surface area contributed by atoms with E-state index in [4.69, 9.17) is 15.3 Å². The van der Waals surface area contributed by atoms with Crippen molar-refractivity contribution in [3.05, 3.63) is 23.8 Å². The molecular formula is C9H11NO3. The molecule has 70 valence electrons. The topological polar surface area (TPSA) is 73.1 Å². The highest BCUT2D eigenvalue weighted by atomic mass is 16.3. The van der Waals surface area contributed by atoms with Crippen molar-refractivity contribution >= 4 is 6.21 Å². The van der Waals surface area contributed by atoms with Gasteiger partial charge in [0.2, 0.25) is 0 Å². The summed E-state index contributed by atoms with van der Waals surface area (Å²) in [6, 6.07) is 4.40. The van der Waals surface area contributed by atoms with Gasteiger partial charge in [-0.05, 0) is 23.8 Å². The van der Waals surface area contributed by atoms with Crippen LogP contribution in [0.4, 0.5) is 0 Å². The van der Waals surface area contributed by atoms with Crippen LogP contribution in [0.25, 0.3) is 0 Å². The summed E-state index contributed by atoms with van der Waals surface area (Å²) in [4.78, 5) is 3.86. The molecule has 4 nitrogen and oxygen atoms in total. The van der Waals surface area contributed by atoms with E-state index in [1.807, 2.05) is 0 Å². The molecule has 13 heavy (non-hydrogen) atoms. The summed E-state index contributed by atoms with van der Waals surface area (Å²) in [5.74, 6) is -0.327. The molecular weight excluding hydrogens is 170 g/mol. The molecule has 0 spiro atoms. The second kappa shape index (κ2) is 4.47. The van der Waals surface area contributed by atoms with E-state index in [2.05, 4.69) is 4.99 Å². The Morgan fingerprint density at radius 2 is 2.00 bits per heavy atom. The van der Waals surface area contributed by atoms with E-state index in [0.29, 0.717) is 12.1 Å². The Kier molecular flexibility index (Phi) is 3.28. The SMILES string of the molecule is OCCN=Cc1ccc(O)c(O)c1. The molecule has 4 heteroatoms. The summed E-state index contributed by atoms with van der Waals surface area (Å²) in [5.41, 5.74) is 0.684. The van der Waals surface area contributed by atoms with Crippen molar-refractivity contribution in [2.45, 2.75) is 0 Å². The third kappa shape index (κ3) is 2.76. The molecule has 0 saturated heterocycles. The van der Waals surface area contributed by atoms with Gasteiger partial charge in [0.15, 0.2) is 11.5 Å². The van der Waals surface area contributed by atoms with Crippen molar-refractivity contribution in [3.8, 4) is 11.5 Å². The maximum absolute atomic E-state index is 9.10. The van der Waals surface area contributed by atoms with Crippen LogP contribution in [0.15, 0.2) is 23.2 Å². The van der Waals surface area contributed by atoms with Crippen molar-refractivity contribution < 1.29 is 15.3 Å². The number of aliphatic imine (C=N–C) groups is 1. The Bertz CT molecular complexity index is 310. The molecule has 0 aromatic heterocycles. The smallest absolute Gasteiger partial charge is 0.158 e. The predicted molar refractivity (Wildman–Crippen MR) is 49.3 cm³/mol. The number of rotatable bonds is 3. The minimum absolute atomic E-state index is 0.000561. The van der Waals surface area contributed by atoms with Gasteiger partial charge in [-0.3, -0.25) is 4.99 Å². The average Bonchev–Trinajstić information content (AvgIpc) is 2.12. The van der Waals surface area contributed by atoms with Crippen LogP contribution in [0.2, 0.25) is 0 Å². The first kappa shape index (κ1) is 9.54. The molecule has 1 aromatic carbocycles. The third-order valence-electron chi connectivity index (χ3n) is 1.47. The molecule has 1 rings (SSSR count). The van der Waals surface area contributed by atoms with Gasteiger partial charge >= 0.3 is 0 Å². The van der Waals surface area contributed by atoms with Crippen LogP contribution in [0.5, 0.6) is 11.5 Å². The van der Waals surface area contributed by atoms with Crippen molar-refractivity contribution in [2.24, 2.45) is 4.99 Å². The van der Waals surface area contributed by atoms with E-state index in [1.54, 1.807) is 6.07 Å². The van der Waals surface area contributed by atoms with Crippen LogP contribution in [-0.2, 0) is 0 Å². The lowest BCUT2D eigenvalue weighted by molar-refractivity contribution is 0.307. The first-order valence-electron chi connectivity index (χ1n) is 3.86. The van der Waals surface area contributed by atoms with Gasteiger partial charge in [0.25, 0.3) is 0 Å². The highest BCUT2D eigenvalue weighted by Crippen LogP contribution is 2.23. The Hall–Kier alpha value is -1.55. The standard InChI is InChI=1S/C9H11NO3/c11-4-3-10-6-7-1-2-8(12)9(13)5-7/h1-2,5-6,11-13H,3-4H2. The van der Waals surface area contributed by atoms with Gasteiger partial charge in [-0.15, -0.1) is 0 Å². The van der Waals surface area contributed by atoms with Gasteiger partial charge in [-0.1, -0.05) is 0 Å². The lowest BCUT2D eigenvalue weighted by atomic mass is 10.2. The molecule has 0 bridgehead atoms. The summed E-state index contributed by atoms with van der Waals surface area (Å²) in [7, 11) is 0. The largest absolute Gasteiger partial charge is 0.504 e. The number of aliphatic hydroxyl groups excluding tert-OH is 1. The van der Waals surface area contributed by atoms with Gasteiger partial charge < -0.3 is 15.3 Å². The highest BCUT2D eigenvalue weighted by molar-refractivity contribution is 5.80. The fourth-order valence-electron chi connectivity index (χ4n) is 0.848. The molecule has 0 heterocycles. The summed E-state index contributed by atoms with van der Waals surface area (Å²) in [6.07, 6.45) is 1.52. The fourth-order valence-corrected chi connectivity index (χ4v) is 0.848. The molecule has 0 radical (unpaired) electrons. The van der Waals surface area contributed by atoms with Crippen LogP contribution >= 0.6 is 0 Å². The predicted octanol–water partition coefficient (Wildman–Crippen LogP) is 0.509. The molecule has 3 N–H and O–H groups in total. The number of aromatic hydroxyl groups is 2. The maximum atomic E-state index is 9.10. The van der Waals surface area contributed by atoms with Gasteiger partial charge in [-0.25, -0.2) is 0 Å². The van der Waals surface area contributed by atoms with E-state index in [-0.39, 0.29) is 18.1 Å². The number of hydrogen-bond acceptors (Lipinski definition) is 4. The Labute approximate surface area is 75.8 Å². The Morgan fingerprint density at radius 3 is 2.62 bits per heavy atom.